The van der Waals surface area contributed by atoms with Gasteiger partial charge in [0.1, 0.15) is 5.92 Å². The number of amides is 2. The molecule has 2 aromatic rings. The molecule has 0 aliphatic carbocycles. The monoisotopic (exact) mass is 308 g/mol. The van der Waals surface area contributed by atoms with Gasteiger partial charge in [-0.15, -0.1) is 0 Å². The van der Waals surface area contributed by atoms with E-state index in [9.17, 15) is 14.7 Å². The highest BCUT2D eigenvalue weighted by molar-refractivity contribution is 6.15. The Balaban J connectivity index is 1.98. The molecule has 0 saturated heterocycles. The van der Waals surface area contributed by atoms with Crippen molar-refractivity contribution < 1.29 is 14.7 Å². The van der Waals surface area contributed by atoms with Crippen molar-refractivity contribution in [2.75, 3.05) is 23.9 Å². The van der Waals surface area contributed by atoms with Crippen molar-refractivity contribution in [3.8, 4) is 0 Å². The number of hydrogen-bond donors (Lipinski definition) is 1. The lowest BCUT2D eigenvalue weighted by Gasteiger charge is -2.27. The maximum atomic E-state index is 12.8. The van der Waals surface area contributed by atoms with Gasteiger partial charge in [-0.3, -0.25) is 9.59 Å². The van der Waals surface area contributed by atoms with Crippen molar-refractivity contribution in [2.45, 2.75) is 11.5 Å². The van der Waals surface area contributed by atoms with Crippen molar-refractivity contribution >= 4 is 23.2 Å². The summed E-state index contributed by atoms with van der Waals surface area (Å²) in [6.07, 6.45) is 0. The predicted molar refractivity (Wildman–Crippen MR) is 86.3 cm³/mol. The Morgan fingerprint density at radius 3 is 2.26 bits per heavy atom. The average Bonchev–Trinajstić information content (AvgIpc) is 2.94. The molecular weight excluding hydrogens is 292 g/mol. The van der Waals surface area contributed by atoms with Gasteiger partial charge in [0.15, 0.2) is 5.60 Å². The van der Waals surface area contributed by atoms with E-state index in [0.29, 0.717) is 16.8 Å². The molecule has 0 spiro atoms. The number of hydrogen-bond acceptors (Lipinski definition) is 3. The molecule has 0 fully saturated rings. The smallest absolute Gasteiger partial charge is 0.264 e. The number of nitrogens with zero attached hydrogens (tertiary/aromatic N) is 2. The summed E-state index contributed by atoms with van der Waals surface area (Å²) in [4.78, 5) is 28.6. The van der Waals surface area contributed by atoms with Gasteiger partial charge < -0.3 is 14.9 Å². The molecule has 5 heteroatoms. The molecule has 2 aliphatic rings. The zero-order valence-electron chi connectivity index (χ0n) is 12.9. The van der Waals surface area contributed by atoms with E-state index in [4.69, 9.17) is 0 Å². The molecular formula is C18H16N2O3. The summed E-state index contributed by atoms with van der Waals surface area (Å²) in [6, 6.07) is 14.4. The summed E-state index contributed by atoms with van der Waals surface area (Å²) >= 11 is 0. The zero-order valence-corrected chi connectivity index (χ0v) is 12.9. The van der Waals surface area contributed by atoms with E-state index in [0.717, 1.165) is 5.69 Å². The van der Waals surface area contributed by atoms with Crippen LogP contribution >= 0.6 is 0 Å². The van der Waals surface area contributed by atoms with Gasteiger partial charge in [0, 0.05) is 25.3 Å². The molecule has 0 unspecified atom stereocenters. The number of likely N-dealkylation sites (N-methyl/N-ethyl adjacent to an activating group) is 2. The van der Waals surface area contributed by atoms with E-state index in [1.54, 1.807) is 38.4 Å². The van der Waals surface area contributed by atoms with Crippen molar-refractivity contribution in [3.63, 3.8) is 0 Å². The number of rotatable bonds is 1. The number of aliphatic hydroxyl groups is 1. The van der Waals surface area contributed by atoms with Crippen LogP contribution in [0.15, 0.2) is 48.5 Å². The first-order valence-corrected chi connectivity index (χ1v) is 7.44. The molecule has 1 N–H and O–H groups in total. The van der Waals surface area contributed by atoms with Crippen LogP contribution in [0.3, 0.4) is 0 Å². The molecule has 2 aromatic carbocycles. The fourth-order valence-corrected chi connectivity index (χ4v) is 3.73. The second-order valence-electron chi connectivity index (χ2n) is 6.04. The summed E-state index contributed by atoms with van der Waals surface area (Å²) in [5.74, 6) is -1.67. The van der Waals surface area contributed by atoms with Crippen LogP contribution in [0, 0.1) is 0 Å². The topological polar surface area (TPSA) is 60.9 Å². The summed E-state index contributed by atoms with van der Waals surface area (Å²) < 4.78 is 0. The first kappa shape index (κ1) is 14.0. The lowest BCUT2D eigenvalue weighted by Crippen LogP contribution is -2.46. The third-order valence-corrected chi connectivity index (χ3v) is 4.91. The van der Waals surface area contributed by atoms with Crippen LogP contribution in [0.2, 0.25) is 0 Å². The van der Waals surface area contributed by atoms with Crippen LogP contribution in [0.25, 0.3) is 0 Å². The fourth-order valence-electron chi connectivity index (χ4n) is 3.73. The van der Waals surface area contributed by atoms with E-state index >= 15 is 0 Å². The van der Waals surface area contributed by atoms with E-state index in [1.165, 1.54) is 9.80 Å². The largest absolute Gasteiger partial charge is 0.374 e. The van der Waals surface area contributed by atoms with E-state index in [1.807, 2.05) is 24.3 Å². The molecule has 2 atom stereocenters. The first-order chi connectivity index (χ1) is 11.0. The molecule has 0 aromatic heterocycles. The molecule has 0 saturated carbocycles. The molecule has 23 heavy (non-hydrogen) atoms. The Morgan fingerprint density at radius 2 is 1.52 bits per heavy atom. The minimum Gasteiger partial charge on any atom is -0.374 e. The third-order valence-electron chi connectivity index (χ3n) is 4.91. The Kier molecular flexibility index (Phi) is 2.69. The van der Waals surface area contributed by atoms with Crippen LogP contribution in [-0.2, 0) is 15.2 Å². The Hall–Kier alpha value is -2.66. The van der Waals surface area contributed by atoms with Crippen molar-refractivity contribution in [3.05, 3.63) is 59.7 Å². The van der Waals surface area contributed by atoms with Crippen LogP contribution < -0.4 is 9.80 Å². The van der Waals surface area contributed by atoms with Gasteiger partial charge in [-0.2, -0.15) is 0 Å². The second-order valence-corrected chi connectivity index (χ2v) is 6.04. The Labute approximate surface area is 133 Å². The molecule has 116 valence electrons. The van der Waals surface area contributed by atoms with Gasteiger partial charge >= 0.3 is 0 Å². The average molecular weight is 308 g/mol. The highest BCUT2D eigenvalue weighted by Crippen LogP contribution is 2.52. The maximum absolute atomic E-state index is 12.8. The molecule has 2 aliphatic heterocycles. The van der Waals surface area contributed by atoms with Crippen LogP contribution in [-0.4, -0.2) is 31.0 Å². The molecule has 5 nitrogen and oxygen atoms in total. The number of benzene rings is 2. The molecule has 2 heterocycles. The van der Waals surface area contributed by atoms with Crippen LogP contribution in [0.4, 0.5) is 11.4 Å². The van der Waals surface area contributed by atoms with E-state index in [-0.39, 0.29) is 5.91 Å². The minimum absolute atomic E-state index is 0.271. The number of carbonyl (C=O) groups is 2. The highest BCUT2D eigenvalue weighted by Gasteiger charge is 2.59. The quantitative estimate of drug-likeness (QED) is 0.870. The lowest BCUT2D eigenvalue weighted by atomic mass is 9.78. The summed E-state index contributed by atoms with van der Waals surface area (Å²) in [5, 5.41) is 11.4. The standard InChI is InChI=1S/C18H16N2O3/c1-19-13-9-5-3-7-11(13)15(16(19)21)18(23)12-8-4-6-10-14(12)20(2)17(18)22/h3-10,15,23H,1-2H3/t15-,18+/m0/s1. The minimum atomic E-state index is -1.87. The van der Waals surface area contributed by atoms with Crippen molar-refractivity contribution in [1.82, 2.24) is 0 Å². The molecule has 2 amide bonds. The molecule has 0 bridgehead atoms. The summed E-state index contributed by atoms with van der Waals surface area (Å²) in [6.45, 7) is 0. The van der Waals surface area contributed by atoms with Gasteiger partial charge in [-0.1, -0.05) is 36.4 Å². The third kappa shape index (κ3) is 1.55. The summed E-state index contributed by atoms with van der Waals surface area (Å²) in [7, 11) is 3.29. The predicted octanol–water partition coefficient (Wildman–Crippen LogP) is 1.61. The van der Waals surface area contributed by atoms with Crippen LogP contribution in [0.5, 0.6) is 0 Å². The van der Waals surface area contributed by atoms with Crippen molar-refractivity contribution in [2.24, 2.45) is 0 Å². The van der Waals surface area contributed by atoms with Crippen LogP contribution in [0.1, 0.15) is 17.0 Å². The number of fused-ring (bicyclic) bond motifs is 2. The lowest BCUT2D eigenvalue weighted by molar-refractivity contribution is -0.143. The van der Waals surface area contributed by atoms with Gasteiger partial charge in [0.05, 0.1) is 5.69 Å². The van der Waals surface area contributed by atoms with Gasteiger partial charge in [-0.05, 0) is 17.7 Å². The zero-order chi connectivity index (χ0) is 16.4. The normalized spacial score (nSPS) is 25.8. The Bertz CT molecular complexity index is 848. The van der Waals surface area contributed by atoms with E-state index in [2.05, 4.69) is 0 Å². The fraction of sp³-hybridized carbons (Fsp3) is 0.222. The molecule has 0 radical (unpaired) electrons. The van der Waals surface area contributed by atoms with Gasteiger partial charge in [-0.25, -0.2) is 0 Å². The van der Waals surface area contributed by atoms with Gasteiger partial charge in [0.25, 0.3) is 5.91 Å². The first-order valence-electron chi connectivity index (χ1n) is 7.44. The number of anilines is 2. The SMILES string of the molecule is CN1C(=O)[C@@H]([C@@]2(O)C(=O)N(C)c3ccccc32)c2ccccc21. The van der Waals surface area contributed by atoms with Crippen molar-refractivity contribution in [1.29, 1.82) is 0 Å². The second kappa shape index (κ2) is 4.43. The van der Waals surface area contributed by atoms with Gasteiger partial charge in [0.2, 0.25) is 5.91 Å². The number of carbonyl (C=O) groups excluding carboxylic acids is 2. The molecule has 4 rings (SSSR count). The Morgan fingerprint density at radius 1 is 0.913 bits per heavy atom. The summed E-state index contributed by atoms with van der Waals surface area (Å²) in [5.41, 5.74) is 0.663. The van der Waals surface area contributed by atoms with E-state index < -0.39 is 17.4 Å². The maximum Gasteiger partial charge on any atom is 0.264 e. The highest BCUT2D eigenvalue weighted by atomic mass is 16.3. The number of para-hydroxylation sites is 2.